The van der Waals surface area contributed by atoms with E-state index in [0.717, 1.165) is 11.1 Å². The van der Waals surface area contributed by atoms with E-state index in [1.54, 1.807) is 6.07 Å². The minimum atomic E-state index is -4.00. The van der Waals surface area contributed by atoms with Crippen LogP contribution in [0.4, 0.5) is 11.4 Å². The highest BCUT2D eigenvalue weighted by atomic mass is 35.5. The van der Waals surface area contributed by atoms with Crippen molar-refractivity contribution in [2.45, 2.75) is 23.6 Å². The minimum Gasteiger partial charge on any atom is -0.280 e. The van der Waals surface area contributed by atoms with E-state index < -0.39 is 20.0 Å². The van der Waals surface area contributed by atoms with Gasteiger partial charge in [-0.2, -0.15) is 0 Å². The Morgan fingerprint density at radius 2 is 1.40 bits per heavy atom. The third-order valence-corrected chi connectivity index (χ3v) is 7.71. The van der Waals surface area contributed by atoms with E-state index in [4.69, 9.17) is 23.2 Å². The molecule has 3 aromatic carbocycles. The fourth-order valence-electron chi connectivity index (χ4n) is 2.73. The lowest BCUT2D eigenvalue weighted by Gasteiger charge is -2.13. The molecule has 2 N–H and O–H groups in total. The van der Waals surface area contributed by atoms with Gasteiger partial charge in [0.05, 0.1) is 15.6 Å². The summed E-state index contributed by atoms with van der Waals surface area (Å²) < 4.78 is 55.4. The van der Waals surface area contributed by atoms with E-state index in [0.29, 0.717) is 5.69 Å². The van der Waals surface area contributed by atoms with Crippen LogP contribution in [-0.4, -0.2) is 16.8 Å². The second kappa shape index (κ2) is 8.47. The van der Waals surface area contributed by atoms with Crippen molar-refractivity contribution in [3.05, 3.63) is 81.8 Å². The van der Waals surface area contributed by atoms with Crippen LogP contribution in [-0.2, 0) is 20.0 Å². The van der Waals surface area contributed by atoms with Crippen LogP contribution in [0.1, 0.15) is 11.1 Å². The van der Waals surface area contributed by atoms with E-state index in [9.17, 15) is 16.8 Å². The Morgan fingerprint density at radius 3 is 2.03 bits per heavy atom. The molecule has 6 nitrogen and oxygen atoms in total. The Morgan fingerprint density at radius 1 is 0.733 bits per heavy atom. The molecule has 0 radical (unpaired) electrons. The zero-order valence-corrected chi connectivity index (χ0v) is 19.1. The minimum absolute atomic E-state index is 0.00814. The number of benzene rings is 3. The van der Waals surface area contributed by atoms with Crippen LogP contribution in [0.15, 0.2) is 70.5 Å². The van der Waals surface area contributed by atoms with Crippen LogP contribution < -0.4 is 9.44 Å². The molecular formula is C20H18Cl2N2O4S2. The van der Waals surface area contributed by atoms with Gasteiger partial charge >= 0.3 is 0 Å². The van der Waals surface area contributed by atoms with Crippen molar-refractivity contribution in [1.82, 2.24) is 0 Å². The summed E-state index contributed by atoms with van der Waals surface area (Å²) in [6.07, 6.45) is 0. The van der Waals surface area contributed by atoms with Gasteiger partial charge in [-0.05, 0) is 67.9 Å². The Hall–Kier alpha value is -2.26. The van der Waals surface area contributed by atoms with Crippen LogP contribution in [0.5, 0.6) is 0 Å². The van der Waals surface area contributed by atoms with Gasteiger partial charge in [0.2, 0.25) is 0 Å². The predicted molar refractivity (Wildman–Crippen MR) is 120 cm³/mol. The van der Waals surface area contributed by atoms with Crippen molar-refractivity contribution in [3.8, 4) is 0 Å². The quantitative estimate of drug-likeness (QED) is 0.501. The molecule has 0 heterocycles. The van der Waals surface area contributed by atoms with Crippen molar-refractivity contribution < 1.29 is 16.8 Å². The second-order valence-corrected chi connectivity index (χ2v) is 10.8. The number of rotatable bonds is 6. The zero-order chi connectivity index (χ0) is 22.1. The lowest BCUT2D eigenvalue weighted by molar-refractivity contribution is 0.600. The van der Waals surface area contributed by atoms with Crippen LogP contribution >= 0.6 is 23.2 Å². The first-order valence-corrected chi connectivity index (χ1v) is 12.4. The summed E-state index contributed by atoms with van der Waals surface area (Å²) >= 11 is 11.8. The lowest BCUT2D eigenvalue weighted by Crippen LogP contribution is -2.15. The molecule has 0 atom stereocenters. The molecule has 10 heteroatoms. The van der Waals surface area contributed by atoms with Gasteiger partial charge < -0.3 is 0 Å². The Kier molecular flexibility index (Phi) is 6.33. The van der Waals surface area contributed by atoms with E-state index >= 15 is 0 Å². The molecule has 0 amide bonds. The third-order valence-electron chi connectivity index (χ3n) is 4.23. The molecule has 0 spiro atoms. The van der Waals surface area contributed by atoms with E-state index in [2.05, 4.69) is 9.44 Å². The normalized spacial score (nSPS) is 11.9. The van der Waals surface area contributed by atoms with E-state index in [1.165, 1.54) is 42.5 Å². The second-order valence-electron chi connectivity index (χ2n) is 6.63. The summed E-state index contributed by atoms with van der Waals surface area (Å²) in [4.78, 5) is -0.184. The van der Waals surface area contributed by atoms with E-state index in [-0.39, 0.29) is 25.5 Å². The monoisotopic (exact) mass is 484 g/mol. The summed E-state index contributed by atoms with van der Waals surface area (Å²) in [5.74, 6) is 0. The maximum atomic E-state index is 12.7. The zero-order valence-electron chi connectivity index (χ0n) is 16.0. The largest absolute Gasteiger partial charge is 0.280 e. The standard InChI is InChI=1S/C20H18Cl2N2O4S2/c1-13-3-10-19(14(2)11-13)24-29(25,26)17-7-5-16(6-8-17)23-30(27,28)20-12-15(21)4-9-18(20)22/h3-12,23-24H,1-2H3. The third kappa shape index (κ3) is 5.07. The molecule has 0 saturated heterocycles. The molecule has 30 heavy (non-hydrogen) atoms. The summed E-state index contributed by atoms with van der Waals surface area (Å²) in [5, 5.41) is 0.238. The highest BCUT2D eigenvalue weighted by Gasteiger charge is 2.20. The van der Waals surface area contributed by atoms with Crippen molar-refractivity contribution in [2.24, 2.45) is 0 Å². The predicted octanol–water partition coefficient (Wildman–Crippen LogP) is 5.21. The summed E-state index contributed by atoms with van der Waals surface area (Å²) in [6.45, 7) is 3.73. The highest BCUT2D eigenvalue weighted by molar-refractivity contribution is 7.93. The van der Waals surface area contributed by atoms with Gasteiger partial charge in [-0.1, -0.05) is 40.9 Å². The first-order valence-electron chi connectivity index (χ1n) is 8.66. The van der Waals surface area contributed by atoms with Gasteiger partial charge in [-0.25, -0.2) is 16.8 Å². The number of hydrogen-bond acceptors (Lipinski definition) is 4. The maximum Gasteiger partial charge on any atom is 0.263 e. The van der Waals surface area contributed by atoms with Crippen molar-refractivity contribution in [2.75, 3.05) is 9.44 Å². The van der Waals surface area contributed by atoms with Gasteiger partial charge in [-0.15, -0.1) is 0 Å². The summed E-state index contributed by atoms with van der Waals surface area (Å²) in [6, 6.07) is 14.8. The first-order chi connectivity index (χ1) is 14.0. The number of nitrogens with one attached hydrogen (secondary N) is 2. The van der Waals surface area contributed by atoms with Gasteiger partial charge in [0.15, 0.2) is 0 Å². The van der Waals surface area contributed by atoms with Crippen molar-refractivity contribution >= 4 is 54.6 Å². The number of hydrogen-bond donors (Lipinski definition) is 2. The smallest absolute Gasteiger partial charge is 0.263 e. The molecule has 0 fully saturated rings. The average Bonchev–Trinajstić information content (AvgIpc) is 2.66. The molecule has 0 aliphatic heterocycles. The number of sulfonamides is 2. The van der Waals surface area contributed by atoms with Crippen molar-refractivity contribution in [1.29, 1.82) is 0 Å². The Bertz CT molecular complexity index is 1310. The Balaban J connectivity index is 1.82. The topological polar surface area (TPSA) is 92.3 Å². The molecule has 0 aromatic heterocycles. The van der Waals surface area contributed by atoms with Gasteiger partial charge in [0.1, 0.15) is 4.90 Å². The molecule has 3 aromatic rings. The average molecular weight is 485 g/mol. The SMILES string of the molecule is Cc1ccc(NS(=O)(=O)c2ccc(NS(=O)(=O)c3cc(Cl)ccc3Cl)cc2)c(C)c1. The molecule has 0 unspecified atom stereocenters. The lowest BCUT2D eigenvalue weighted by atomic mass is 10.1. The molecule has 158 valence electrons. The number of anilines is 2. The summed E-state index contributed by atoms with van der Waals surface area (Å²) in [7, 11) is -7.84. The van der Waals surface area contributed by atoms with Crippen LogP contribution in [0.3, 0.4) is 0 Å². The molecule has 0 aliphatic carbocycles. The molecule has 3 rings (SSSR count). The molecular weight excluding hydrogens is 467 g/mol. The highest BCUT2D eigenvalue weighted by Crippen LogP contribution is 2.27. The maximum absolute atomic E-state index is 12.7. The van der Waals surface area contributed by atoms with Crippen molar-refractivity contribution in [3.63, 3.8) is 0 Å². The van der Waals surface area contributed by atoms with E-state index in [1.807, 2.05) is 26.0 Å². The molecule has 0 aliphatic rings. The summed E-state index contributed by atoms with van der Waals surface area (Å²) in [5.41, 5.74) is 2.46. The van der Waals surface area contributed by atoms with Gasteiger partial charge in [0, 0.05) is 10.7 Å². The fourth-order valence-corrected chi connectivity index (χ4v) is 5.68. The van der Waals surface area contributed by atoms with Gasteiger partial charge in [0.25, 0.3) is 20.0 Å². The first kappa shape index (κ1) is 22.4. The Labute approximate surface area is 186 Å². The molecule has 0 bridgehead atoms. The number of halogens is 2. The molecule has 0 saturated carbocycles. The van der Waals surface area contributed by atoms with Crippen LogP contribution in [0, 0.1) is 13.8 Å². The van der Waals surface area contributed by atoms with Crippen LogP contribution in [0.2, 0.25) is 10.0 Å². The van der Waals surface area contributed by atoms with Crippen LogP contribution in [0.25, 0.3) is 0 Å². The van der Waals surface area contributed by atoms with Gasteiger partial charge in [-0.3, -0.25) is 9.44 Å². The fraction of sp³-hybridized carbons (Fsp3) is 0.100. The number of aryl methyl sites for hydroxylation is 2.